The van der Waals surface area contributed by atoms with Gasteiger partial charge in [-0.2, -0.15) is 0 Å². The first-order chi connectivity index (χ1) is 11.7. The second-order valence-electron chi connectivity index (χ2n) is 6.85. The smallest absolute Gasteiger partial charge is 0.144 e. The third-order valence-electron chi connectivity index (χ3n) is 5.39. The van der Waals surface area contributed by atoms with E-state index in [1.807, 2.05) is 36.4 Å². The van der Waals surface area contributed by atoms with Gasteiger partial charge in [0.05, 0.1) is 5.41 Å². The van der Waals surface area contributed by atoms with E-state index in [2.05, 4.69) is 29.2 Å². The van der Waals surface area contributed by atoms with Crippen molar-refractivity contribution in [1.29, 1.82) is 0 Å². The third-order valence-corrected chi connectivity index (χ3v) is 5.39. The maximum absolute atomic E-state index is 12.9. The second kappa shape index (κ2) is 9.30. The zero-order valence-electron chi connectivity index (χ0n) is 15.0. The highest BCUT2D eigenvalue weighted by Gasteiger charge is 2.39. The van der Waals surface area contributed by atoms with Crippen molar-refractivity contribution in [3.63, 3.8) is 0 Å². The number of nitrogens with zero attached hydrogens (tertiary/aromatic N) is 1. The fourth-order valence-corrected chi connectivity index (χ4v) is 3.99. The highest BCUT2D eigenvalue weighted by atomic mass is 79.9. The molecule has 0 spiro atoms. The molecule has 0 aromatic heterocycles. The first-order valence-corrected chi connectivity index (χ1v) is 9.08. The number of hydrogen-bond donors (Lipinski definition) is 0. The molecule has 0 aliphatic carbocycles. The molecule has 134 valence electrons. The van der Waals surface area contributed by atoms with Gasteiger partial charge in [0.25, 0.3) is 0 Å². The molecule has 25 heavy (non-hydrogen) atoms. The Balaban J connectivity index is 0.00000225. The molecule has 0 saturated carbocycles. The van der Waals surface area contributed by atoms with E-state index in [1.165, 1.54) is 19.3 Å². The molecule has 0 amide bonds. The minimum atomic E-state index is -0.542. The highest BCUT2D eigenvalue weighted by molar-refractivity contribution is 8.93. The number of carbonyl (C=O) groups is 1. The summed E-state index contributed by atoms with van der Waals surface area (Å²) in [4.78, 5) is 15.4. The lowest BCUT2D eigenvalue weighted by Gasteiger charge is -2.36. The quantitative estimate of drug-likeness (QED) is 0.677. The normalized spacial score (nSPS) is 15.4. The summed E-state index contributed by atoms with van der Waals surface area (Å²) in [6.07, 6.45) is 4.75. The molecule has 3 rings (SSSR count). The van der Waals surface area contributed by atoms with Gasteiger partial charge in [-0.05, 0) is 56.9 Å². The summed E-state index contributed by atoms with van der Waals surface area (Å²) in [6.45, 7) is 5.05. The largest absolute Gasteiger partial charge is 0.303 e. The van der Waals surface area contributed by atoms with E-state index in [0.717, 1.165) is 37.2 Å². The van der Waals surface area contributed by atoms with E-state index in [0.29, 0.717) is 0 Å². The standard InChI is InChI=1S/C22H27NO.BrH/c1-19(24)22(20-11-5-2-6-12-20,21-13-7-3-8-14-21)15-18-23-16-9-4-10-17-23;/h2-3,5-8,11-14H,4,9-10,15-18H2,1H3;1H. The van der Waals surface area contributed by atoms with Crippen molar-refractivity contribution in [3.8, 4) is 0 Å². The molecule has 0 radical (unpaired) electrons. The molecule has 2 nitrogen and oxygen atoms in total. The molecule has 3 heteroatoms. The minimum Gasteiger partial charge on any atom is -0.303 e. The summed E-state index contributed by atoms with van der Waals surface area (Å²) in [5.74, 6) is 0.233. The average Bonchev–Trinajstić information content (AvgIpc) is 2.65. The van der Waals surface area contributed by atoms with Crippen LogP contribution in [0.1, 0.15) is 43.7 Å². The number of rotatable bonds is 6. The maximum Gasteiger partial charge on any atom is 0.144 e. The second-order valence-corrected chi connectivity index (χ2v) is 6.85. The number of likely N-dealkylation sites (tertiary alicyclic amines) is 1. The lowest BCUT2D eigenvalue weighted by Crippen LogP contribution is -2.41. The Labute approximate surface area is 162 Å². The minimum absolute atomic E-state index is 0. The summed E-state index contributed by atoms with van der Waals surface area (Å²) in [7, 11) is 0. The van der Waals surface area contributed by atoms with Crippen LogP contribution in [-0.4, -0.2) is 30.3 Å². The van der Waals surface area contributed by atoms with Crippen molar-refractivity contribution in [2.75, 3.05) is 19.6 Å². The van der Waals surface area contributed by atoms with Crippen molar-refractivity contribution in [2.24, 2.45) is 0 Å². The first-order valence-electron chi connectivity index (χ1n) is 9.08. The predicted molar refractivity (Wildman–Crippen MR) is 110 cm³/mol. The Morgan fingerprint density at radius 3 is 1.80 bits per heavy atom. The molecule has 2 aromatic rings. The number of piperidine rings is 1. The number of carbonyl (C=O) groups excluding carboxylic acids is 1. The van der Waals surface area contributed by atoms with Crippen LogP contribution in [0.15, 0.2) is 60.7 Å². The summed E-state index contributed by atoms with van der Waals surface area (Å²) in [5, 5.41) is 0. The van der Waals surface area contributed by atoms with Gasteiger partial charge in [0.15, 0.2) is 0 Å². The fourth-order valence-electron chi connectivity index (χ4n) is 3.99. The molecular weight excluding hydrogens is 374 g/mol. The van der Waals surface area contributed by atoms with Crippen molar-refractivity contribution < 1.29 is 4.79 Å². The molecule has 0 unspecified atom stereocenters. The van der Waals surface area contributed by atoms with Gasteiger partial charge < -0.3 is 4.90 Å². The monoisotopic (exact) mass is 401 g/mol. The van der Waals surface area contributed by atoms with Gasteiger partial charge in [-0.15, -0.1) is 17.0 Å². The Hall–Kier alpha value is -1.45. The zero-order chi connectivity index (χ0) is 16.8. The molecule has 0 atom stereocenters. The third kappa shape index (κ3) is 4.39. The maximum atomic E-state index is 12.9. The van der Waals surface area contributed by atoms with Crippen LogP contribution in [0, 0.1) is 0 Å². The number of Topliss-reactive ketones (excluding diaryl/α,β-unsaturated/α-hetero) is 1. The lowest BCUT2D eigenvalue weighted by atomic mass is 9.69. The van der Waals surface area contributed by atoms with Crippen LogP contribution in [0.25, 0.3) is 0 Å². The Bertz CT molecular complexity index is 611. The van der Waals surface area contributed by atoms with E-state index in [-0.39, 0.29) is 22.8 Å². The summed E-state index contributed by atoms with van der Waals surface area (Å²) < 4.78 is 0. The molecule has 1 heterocycles. The SMILES string of the molecule is Br.CC(=O)C(CCN1CCCCC1)(c1ccccc1)c1ccccc1. The van der Waals surface area contributed by atoms with Gasteiger partial charge in [-0.25, -0.2) is 0 Å². The average molecular weight is 402 g/mol. The van der Waals surface area contributed by atoms with Gasteiger partial charge in [0.1, 0.15) is 5.78 Å². The van der Waals surface area contributed by atoms with Crippen LogP contribution < -0.4 is 0 Å². The van der Waals surface area contributed by atoms with Gasteiger partial charge in [0, 0.05) is 0 Å². The topological polar surface area (TPSA) is 20.3 Å². The van der Waals surface area contributed by atoms with E-state index in [9.17, 15) is 4.79 Å². The Kier molecular flexibility index (Phi) is 7.39. The van der Waals surface area contributed by atoms with Crippen LogP contribution in [0.4, 0.5) is 0 Å². The van der Waals surface area contributed by atoms with Crippen molar-refractivity contribution in [1.82, 2.24) is 4.90 Å². The van der Waals surface area contributed by atoms with E-state index in [1.54, 1.807) is 6.92 Å². The Morgan fingerprint density at radius 1 is 0.880 bits per heavy atom. The lowest BCUT2D eigenvalue weighted by molar-refractivity contribution is -0.121. The first kappa shape index (κ1) is 19.9. The van der Waals surface area contributed by atoms with Crippen LogP contribution in [0.5, 0.6) is 0 Å². The van der Waals surface area contributed by atoms with Gasteiger partial charge >= 0.3 is 0 Å². The van der Waals surface area contributed by atoms with E-state index in [4.69, 9.17) is 0 Å². The molecule has 0 N–H and O–H groups in total. The van der Waals surface area contributed by atoms with Crippen molar-refractivity contribution in [2.45, 2.75) is 38.0 Å². The van der Waals surface area contributed by atoms with E-state index >= 15 is 0 Å². The van der Waals surface area contributed by atoms with Gasteiger partial charge in [0.2, 0.25) is 0 Å². The zero-order valence-corrected chi connectivity index (χ0v) is 16.7. The molecule has 0 bridgehead atoms. The predicted octanol–water partition coefficient (Wildman–Crippen LogP) is 5.02. The molecule has 1 aliphatic rings. The molecule has 1 aliphatic heterocycles. The van der Waals surface area contributed by atoms with Crippen LogP contribution in [0.3, 0.4) is 0 Å². The van der Waals surface area contributed by atoms with Crippen LogP contribution in [-0.2, 0) is 10.2 Å². The molecule has 1 saturated heterocycles. The molecular formula is C22H28BrNO. The number of hydrogen-bond acceptors (Lipinski definition) is 2. The number of benzene rings is 2. The summed E-state index contributed by atoms with van der Waals surface area (Å²) in [5.41, 5.74) is 1.68. The Morgan fingerprint density at radius 2 is 1.36 bits per heavy atom. The summed E-state index contributed by atoms with van der Waals surface area (Å²) in [6, 6.07) is 20.6. The van der Waals surface area contributed by atoms with Crippen LogP contribution in [0.2, 0.25) is 0 Å². The van der Waals surface area contributed by atoms with Crippen molar-refractivity contribution >= 4 is 22.8 Å². The summed E-state index contributed by atoms with van der Waals surface area (Å²) >= 11 is 0. The fraction of sp³-hybridized carbons (Fsp3) is 0.409. The molecule has 1 fully saturated rings. The number of halogens is 1. The van der Waals surface area contributed by atoms with Crippen LogP contribution >= 0.6 is 17.0 Å². The molecule has 2 aromatic carbocycles. The van der Waals surface area contributed by atoms with E-state index < -0.39 is 5.41 Å². The van der Waals surface area contributed by atoms with Gasteiger partial charge in [-0.3, -0.25) is 4.79 Å². The van der Waals surface area contributed by atoms with Gasteiger partial charge in [-0.1, -0.05) is 67.1 Å². The van der Waals surface area contributed by atoms with Crippen molar-refractivity contribution in [3.05, 3.63) is 71.8 Å². The number of ketones is 1. The highest BCUT2D eigenvalue weighted by Crippen LogP contribution is 2.37.